The van der Waals surface area contributed by atoms with E-state index in [1.54, 1.807) is 0 Å². The van der Waals surface area contributed by atoms with E-state index in [9.17, 15) is 0 Å². The summed E-state index contributed by atoms with van der Waals surface area (Å²) in [6.45, 7) is 8.44. The Labute approximate surface area is 92.1 Å². The fourth-order valence-corrected chi connectivity index (χ4v) is 1.28. The third-order valence-electron chi connectivity index (χ3n) is 2.38. The van der Waals surface area contributed by atoms with Crippen molar-refractivity contribution in [3.8, 4) is 0 Å². The van der Waals surface area contributed by atoms with Crippen molar-refractivity contribution >= 4 is 0 Å². The quantitative estimate of drug-likeness (QED) is 0.825. The Morgan fingerprint density at radius 3 is 2.60 bits per heavy atom. The van der Waals surface area contributed by atoms with Crippen LogP contribution in [-0.2, 0) is 11.8 Å². The van der Waals surface area contributed by atoms with Gasteiger partial charge in [0, 0.05) is 29.8 Å². The van der Waals surface area contributed by atoms with E-state index in [4.69, 9.17) is 5.73 Å². The molecule has 0 spiro atoms. The van der Waals surface area contributed by atoms with E-state index in [0.717, 1.165) is 24.4 Å². The highest BCUT2D eigenvalue weighted by atomic mass is 14.9. The molecule has 15 heavy (non-hydrogen) atoms. The Balaban J connectivity index is 2.84. The molecule has 2 N–H and O–H groups in total. The molecule has 0 aromatic carbocycles. The van der Waals surface area contributed by atoms with Crippen molar-refractivity contribution in [3.63, 3.8) is 0 Å². The molecule has 1 aromatic heterocycles. The lowest BCUT2D eigenvalue weighted by Crippen LogP contribution is -2.23. The summed E-state index contributed by atoms with van der Waals surface area (Å²) in [4.78, 5) is 8.83. The van der Waals surface area contributed by atoms with Crippen molar-refractivity contribution < 1.29 is 0 Å². The third-order valence-corrected chi connectivity index (χ3v) is 2.38. The molecular formula is C12H21N3. The normalized spacial score (nSPS) is 13.9. The molecule has 1 heterocycles. The van der Waals surface area contributed by atoms with Crippen molar-refractivity contribution in [1.29, 1.82) is 0 Å². The van der Waals surface area contributed by atoms with Crippen LogP contribution in [0.5, 0.6) is 0 Å². The van der Waals surface area contributed by atoms with Crippen LogP contribution in [0.15, 0.2) is 12.3 Å². The van der Waals surface area contributed by atoms with Gasteiger partial charge in [0.15, 0.2) is 0 Å². The number of rotatable bonds is 3. The standard InChI is InChI=1S/C12H21N3/c1-5-9(13)8-10-6-7-14-11(15-10)12(2,3)4/h6-7,9H,5,8,13H2,1-4H3. The van der Waals surface area contributed by atoms with Crippen LogP contribution in [0.2, 0.25) is 0 Å². The van der Waals surface area contributed by atoms with Gasteiger partial charge in [0.05, 0.1) is 0 Å². The molecule has 84 valence electrons. The van der Waals surface area contributed by atoms with Crippen molar-refractivity contribution in [3.05, 3.63) is 23.8 Å². The Kier molecular flexibility index (Phi) is 3.80. The molecule has 0 bridgehead atoms. The second kappa shape index (κ2) is 4.71. The van der Waals surface area contributed by atoms with Crippen LogP contribution < -0.4 is 5.73 Å². The van der Waals surface area contributed by atoms with Gasteiger partial charge in [0.25, 0.3) is 0 Å². The monoisotopic (exact) mass is 207 g/mol. The van der Waals surface area contributed by atoms with E-state index in [-0.39, 0.29) is 11.5 Å². The molecule has 0 amide bonds. The number of aromatic nitrogens is 2. The van der Waals surface area contributed by atoms with Crippen molar-refractivity contribution in [1.82, 2.24) is 9.97 Å². The SMILES string of the molecule is CCC(N)Cc1ccnc(C(C)(C)C)n1. The van der Waals surface area contributed by atoms with Gasteiger partial charge in [0.2, 0.25) is 0 Å². The maximum Gasteiger partial charge on any atom is 0.133 e. The predicted molar refractivity (Wildman–Crippen MR) is 62.7 cm³/mol. The molecule has 0 radical (unpaired) electrons. The molecule has 0 saturated carbocycles. The van der Waals surface area contributed by atoms with Crippen LogP contribution >= 0.6 is 0 Å². The predicted octanol–water partition coefficient (Wildman–Crippen LogP) is 2.05. The molecule has 0 aliphatic heterocycles. The summed E-state index contributed by atoms with van der Waals surface area (Å²) in [5.74, 6) is 0.892. The largest absolute Gasteiger partial charge is 0.327 e. The Bertz CT molecular complexity index is 315. The van der Waals surface area contributed by atoms with Crippen LogP contribution in [0.1, 0.15) is 45.6 Å². The molecule has 1 atom stereocenters. The lowest BCUT2D eigenvalue weighted by molar-refractivity contribution is 0.536. The van der Waals surface area contributed by atoms with Crippen LogP contribution in [0, 0.1) is 0 Å². The van der Waals surface area contributed by atoms with E-state index in [2.05, 4.69) is 37.7 Å². The lowest BCUT2D eigenvalue weighted by Gasteiger charge is -2.17. The average molecular weight is 207 g/mol. The first kappa shape index (κ1) is 12.1. The highest BCUT2D eigenvalue weighted by molar-refractivity contribution is 5.09. The molecular weight excluding hydrogens is 186 g/mol. The van der Waals surface area contributed by atoms with E-state index < -0.39 is 0 Å². The summed E-state index contributed by atoms with van der Waals surface area (Å²) in [7, 11) is 0. The van der Waals surface area contributed by atoms with Gasteiger partial charge in [-0.3, -0.25) is 0 Å². The Hall–Kier alpha value is -0.960. The summed E-state index contributed by atoms with van der Waals surface area (Å²) in [5.41, 5.74) is 6.96. The average Bonchev–Trinajstić information content (AvgIpc) is 2.17. The molecule has 0 aliphatic carbocycles. The summed E-state index contributed by atoms with van der Waals surface area (Å²) in [5, 5.41) is 0. The lowest BCUT2D eigenvalue weighted by atomic mass is 9.95. The number of nitrogens with zero attached hydrogens (tertiary/aromatic N) is 2. The fourth-order valence-electron chi connectivity index (χ4n) is 1.28. The van der Waals surface area contributed by atoms with Crippen LogP contribution in [-0.4, -0.2) is 16.0 Å². The molecule has 0 fully saturated rings. The minimum atomic E-state index is 0.00627. The van der Waals surface area contributed by atoms with E-state index in [0.29, 0.717) is 0 Å². The molecule has 3 heteroatoms. The number of hydrogen-bond acceptors (Lipinski definition) is 3. The second-order valence-corrected chi connectivity index (χ2v) is 4.99. The van der Waals surface area contributed by atoms with Crippen molar-refractivity contribution in [2.24, 2.45) is 5.73 Å². The second-order valence-electron chi connectivity index (χ2n) is 4.99. The molecule has 0 saturated heterocycles. The highest BCUT2D eigenvalue weighted by Crippen LogP contribution is 2.17. The molecule has 1 rings (SSSR count). The number of hydrogen-bond donors (Lipinski definition) is 1. The van der Waals surface area contributed by atoms with Gasteiger partial charge < -0.3 is 5.73 Å². The zero-order valence-electron chi connectivity index (χ0n) is 10.1. The van der Waals surface area contributed by atoms with E-state index in [1.807, 2.05) is 12.3 Å². The molecule has 1 aromatic rings. The van der Waals surface area contributed by atoms with Crippen LogP contribution in [0.4, 0.5) is 0 Å². The topological polar surface area (TPSA) is 51.8 Å². The first-order valence-corrected chi connectivity index (χ1v) is 5.51. The maximum atomic E-state index is 5.90. The van der Waals surface area contributed by atoms with Crippen molar-refractivity contribution in [2.75, 3.05) is 0 Å². The molecule has 0 aliphatic rings. The van der Waals surface area contributed by atoms with Gasteiger partial charge in [-0.15, -0.1) is 0 Å². The van der Waals surface area contributed by atoms with E-state index >= 15 is 0 Å². The van der Waals surface area contributed by atoms with Crippen molar-refractivity contribution in [2.45, 2.75) is 52.0 Å². The summed E-state index contributed by atoms with van der Waals surface area (Å²) >= 11 is 0. The zero-order valence-corrected chi connectivity index (χ0v) is 10.1. The minimum absolute atomic E-state index is 0.00627. The summed E-state index contributed by atoms with van der Waals surface area (Å²) in [6.07, 6.45) is 3.64. The van der Waals surface area contributed by atoms with Gasteiger partial charge in [-0.1, -0.05) is 27.7 Å². The maximum absolute atomic E-state index is 5.90. The van der Waals surface area contributed by atoms with Crippen LogP contribution in [0.25, 0.3) is 0 Å². The van der Waals surface area contributed by atoms with Gasteiger partial charge >= 0.3 is 0 Å². The highest BCUT2D eigenvalue weighted by Gasteiger charge is 2.17. The number of nitrogens with two attached hydrogens (primary N) is 1. The smallest absolute Gasteiger partial charge is 0.133 e. The summed E-state index contributed by atoms with van der Waals surface area (Å²) < 4.78 is 0. The fraction of sp³-hybridized carbons (Fsp3) is 0.667. The minimum Gasteiger partial charge on any atom is -0.327 e. The summed E-state index contributed by atoms with van der Waals surface area (Å²) in [6, 6.07) is 2.15. The first-order chi connectivity index (χ1) is 6.93. The zero-order chi connectivity index (χ0) is 11.5. The van der Waals surface area contributed by atoms with Crippen LogP contribution in [0.3, 0.4) is 0 Å². The first-order valence-electron chi connectivity index (χ1n) is 5.51. The third kappa shape index (κ3) is 3.59. The van der Waals surface area contributed by atoms with E-state index in [1.165, 1.54) is 0 Å². The molecule has 1 unspecified atom stereocenters. The van der Waals surface area contributed by atoms with Gasteiger partial charge in [-0.05, 0) is 12.5 Å². The van der Waals surface area contributed by atoms with Gasteiger partial charge in [-0.2, -0.15) is 0 Å². The molecule has 3 nitrogen and oxygen atoms in total. The Morgan fingerprint density at radius 1 is 1.40 bits per heavy atom. The Morgan fingerprint density at radius 2 is 2.07 bits per heavy atom. The van der Waals surface area contributed by atoms with Gasteiger partial charge in [-0.25, -0.2) is 9.97 Å². The van der Waals surface area contributed by atoms with Gasteiger partial charge in [0.1, 0.15) is 5.82 Å².